The Morgan fingerprint density at radius 1 is 0.957 bits per heavy atom. The zero-order valence-corrected chi connectivity index (χ0v) is 15.6. The summed E-state index contributed by atoms with van der Waals surface area (Å²) in [6.45, 7) is 1.62. The molecule has 0 saturated heterocycles. The van der Waals surface area contributed by atoms with Gasteiger partial charge in [-0.2, -0.15) is 0 Å². The summed E-state index contributed by atoms with van der Waals surface area (Å²) in [5.74, 6) is 1.58. The largest absolute Gasteiger partial charge is 0.493 e. The van der Waals surface area contributed by atoms with Crippen molar-refractivity contribution in [3.63, 3.8) is 0 Å². The summed E-state index contributed by atoms with van der Waals surface area (Å²) in [6.07, 6.45) is 2.18. The van der Waals surface area contributed by atoms with Crippen LogP contribution in [0.3, 0.4) is 0 Å². The van der Waals surface area contributed by atoms with Crippen molar-refractivity contribution in [1.29, 1.82) is 0 Å². The zero-order chi connectivity index (χ0) is 16.7. The van der Waals surface area contributed by atoms with Crippen molar-refractivity contribution >= 4 is 15.9 Å². The Labute approximate surface area is 147 Å². The molecule has 2 aromatic rings. The van der Waals surface area contributed by atoms with Crippen molar-refractivity contribution in [2.24, 2.45) is 0 Å². The maximum Gasteiger partial charge on any atom is 0.161 e. The predicted octanol–water partition coefficient (Wildman–Crippen LogP) is 4.53. The van der Waals surface area contributed by atoms with Crippen molar-refractivity contribution in [3.05, 3.63) is 58.1 Å². The lowest BCUT2D eigenvalue weighted by atomic mass is 10.1. The molecular weight excluding hydrogens is 354 g/mol. The van der Waals surface area contributed by atoms with Gasteiger partial charge in [0.2, 0.25) is 0 Å². The molecule has 0 aliphatic carbocycles. The Morgan fingerprint density at radius 3 is 2.30 bits per heavy atom. The second kappa shape index (κ2) is 8.94. The summed E-state index contributed by atoms with van der Waals surface area (Å²) in [4.78, 5) is 2.20. The average molecular weight is 378 g/mol. The van der Waals surface area contributed by atoms with Crippen LogP contribution in [-0.4, -0.2) is 32.6 Å². The highest BCUT2D eigenvalue weighted by Crippen LogP contribution is 2.29. The highest BCUT2D eigenvalue weighted by atomic mass is 79.9. The lowest BCUT2D eigenvalue weighted by Crippen LogP contribution is -2.13. The first-order valence-corrected chi connectivity index (χ1v) is 8.56. The molecule has 0 amide bonds. The Kier molecular flexibility index (Phi) is 6.93. The van der Waals surface area contributed by atoms with E-state index in [2.05, 4.69) is 47.1 Å². The maximum absolute atomic E-state index is 5.90. The van der Waals surface area contributed by atoms with Gasteiger partial charge in [-0.1, -0.05) is 34.1 Å². The van der Waals surface area contributed by atoms with Crippen LogP contribution in [0.25, 0.3) is 0 Å². The topological polar surface area (TPSA) is 21.7 Å². The van der Waals surface area contributed by atoms with Crippen LogP contribution in [0.4, 0.5) is 0 Å². The van der Waals surface area contributed by atoms with Crippen molar-refractivity contribution < 1.29 is 9.47 Å². The van der Waals surface area contributed by atoms with E-state index in [9.17, 15) is 0 Å². The molecule has 0 aromatic heterocycles. The summed E-state index contributed by atoms with van der Waals surface area (Å²) in [5, 5.41) is 0. The lowest BCUT2D eigenvalue weighted by molar-refractivity contribution is 0.284. The van der Waals surface area contributed by atoms with Crippen LogP contribution in [0.2, 0.25) is 0 Å². The molecule has 0 aliphatic heterocycles. The fraction of sp³-hybridized carbons (Fsp3) is 0.368. The van der Waals surface area contributed by atoms with Crippen molar-refractivity contribution in [2.75, 3.05) is 27.7 Å². The summed E-state index contributed by atoms with van der Waals surface area (Å²) in [7, 11) is 5.88. The zero-order valence-electron chi connectivity index (χ0n) is 14.0. The van der Waals surface area contributed by atoms with Crippen LogP contribution >= 0.6 is 15.9 Å². The first-order valence-electron chi connectivity index (χ1n) is 7.77. The molecule has 0 heterocycles. The van der Waals surface area contributed by atoms with Gasteiger partial charge in [0.25, 0.3) is 0 Å². The van der Waals surface area contributed by atoms with Gasteiger partial charge in [0.05, 0.1) is 7.11 Å². The third-order valence-electron chi connectivity index (χ3n) is 3.61. The number of rotatable bonds is 8. The molecule has 3 nitrogen and oxygen atoms in total. The minimum absolute atomic E-state index is 0.531. The molecule has 124 valence electrons. The highest BCUT2D eigenvalue weighted by molar-refractivity contribution is 9.10. The Balaban J connectivity index is 1.97. The van der Waals surface area contributed by atoms with Gasteiger partial charge in [-0.05, 0) is 68.9 Å². The summed E-state index contributed by atoms with van der Waals surface area (Å²) in [5.41, 5.74) is 2.41. The molecule has 0 spiro atoms. The van der Waals surface area contributed by atoms with Crippen LogP contribution in [0.1, 0.15) is 17.5 Å². The molecule has 23 heavy (non-hydrogen) atoms. The van der Waals surface area contributed by atoms with Crippen molar-refractivity contribution in [2.45, 2.75) is 19.4 Å². The van der Waals surface area contributed by atoms with E-state index in [0.29, 0.717) is 6.61 Å². The molecule has 0 unspecified atom stereocenters. The van der Waals surface area contributed by atoms with E-state index in [4.69, 9.17) is 9.47 Å². The number of benzene rings is 2. The molecule has 0 fully saturated rings. The number of methoxy groups -OCH3 is 1. The van der Waals surface area contributed by atoms with Gasteiger partial charge in [-0.15, -0.1) is 0 Å². The monoisotopic (exact) mass is 377 g/mol. The molecule has 0 bridgehead atoms. The number of hydrogen-bond acceptors (Lipinski definition) is 3. The highest BCUT2D eigenvalue weighted by Gasteiger charge is 2.06. The van der Waals surface area contributed by atoms with Gasteiger partial charge in [-0.25, -0.2) is 0 Å². The smallest absolute Gasteiger partial charge is 0.161 e. The molecule has 2 aromatic carbocycles. The fourth-order valence-corrected chi connectivity index (χ4v) is 2.59. The predicted molar refractivity (Wildman–Crippen MR) is 98.3 cm³/mol. The van der Waals surface area contributed by atoms with Gasteiger partial charge in [-0.3, -0.25) is 0 Å². The first kappa shape index (κ1) is 17.8. The number of aryl methyl sites for hydroxylation is 1. The average Bonchev–Trinajstić information content (AvgIpc) is 2.54. The molecule has 2 rings (SSSR count). The standard InChI is InChI=1S/C19H24BrNO2/c1-21(2)12-4-5-15-8-11-18(19(13-15)22-3)23-14-16-6-9-17(20)10-7-16/h6-11,13H,4-5,12,14H2,1-3H3. The van der Waals surface area contributed by atoms with Gasteiger partial charge in [0.1, 0.15) is 6.61 Å². The van der Waals surface area contributed by atoms with Gasteiger partial charge in [0, 0.05) is 4.47 Å². The third kappa shape index (κ3) is 5.88. The van der Waals surface area contributed by atoms with Crippen molar-refractivity contribution in [3.8, 4) is 11.5 Å². The SMILES string of the molecule is COc1cc(CCCN(C)C)ccc1OCc1ccc(Br)cc1. The minimum Gasteiger partial charge on any atom is -0.493 e. The molecule has 0 N–H and O–H groups in total. The lowest BCUT2D eigenvalue weighted by Gasteiger charge is -2.13. The number of halogens is 1. The Hall–Kier alpha value is -1.52. The second-order valence-electron chi connectivity index (χ2n) is 5.81. The quantitative estimate of drug-likeness (QED) is 0.674. The van der Waals surface area contributed by atoms with E-state index in [1.54, 1.807) is 7.11 Å². The Bertz CT molecular complexity index is 611. The fourth-order valence-electron chi connectivity index (χ4n) is 2.33. The molecule has 4 heteroatoms. The molecule has 0 saturated carbocycles. The summed E-state index contributed by atoms with van der Waals surface area (Å²) >= 11 is 3.44. The van der Waals surface area contributed by atoms with Gasteiger partial charge in [0.15, 0.2) is 11.5 Å². The van der Waals surface area contributed by atoms with Crippen LogP contribution in [0.5, 0.6) is 11.5 Å². The van der Waals surface area contributed by atoms with E-state index in [1.807, 2.05) is 30.3 Å². The third-order valence-corrected chi connectivity index (χ3v) is 4.14. The van der Waals surface area contributed by atoms with Crippen LogP contribution in [-0.2, 0) is 13.0 Å². The number of hydrogen-bond donors (Lipinski definition) is 0. The Morgan fingerprint density at radius 2 is 1.65 bits per heavy atom. The van der Waals surface area contributed by atoms with E-state index in [-0.39, 0.29) is 0 Å². The van der Waals surface area contributed by atoms with Crippen LogP contribution < -0.4 is 9.47 Å². The van der Waals surface area contributed by atoms with Crippen LogP contribution in [0.15, 0.2) is 46.9 Å². The maximum atomic E-state index is 5.90. The van der Waals surface area contributed by atoms with E-state index in [0.717, 1.165) is 40.9 Å². The normalized spacial score (nSPS) is 10.8. The molecule has 0 radical (unpaired) electrons. The number of nitrogens with zero attached hydrogens (tertiary/aromatic N) is 1. The first-order chi connectivity index (χ1) is 11.1. The van der Waals surface area contributed by atoms with Gasteiger partial charge < -0.3 is 14.4 Å². The van der Waals surface area contributed by atoms with E-state index >= 15 is 0 Å². The summed E-state index contributed by atoms with van der Waals surface area (Å²) in [6, 6.07) is 14.3. The summed E-state index contributed by atoms with van der Waals surface area (Å²) < 4.78 is 12.5. The van der Waals surface area contributed by atoms with Crippen molar-refractivity contribution in [1.82, 2.24) is 4.90 Å². The minimum atomic E-state index is 0.531. The van der Waals surface area contributed by atoms with Crippen LogP contribution in [0, 0.1) is 0 Å². The second-order valence-corrected chi connectivity index (χ2v) is 6.72. The molecule has 0 atom stereocenters. The molecule has 0 aliphatic rings. The van der Waals surface area contributed by atoms with E-state index < -0.39 is 0 Å². The number of ether oxygens (including phenoxy) is 2. The van der Waals surface area contributed by atoms with E-state index in [1.165, 1.54) is 5.56 Å². The molecular formula is C19H24BrNO2. The van der Waals surface area contributed by atoms with Gasteiger partial charge >= 0.3 is 0 Å².